The van der Waals surface area contributed by atoms with Gasteiger partial charge in [0.25, 0.3) is 5.91 Å². The maximum atomic E-state index is 12.8. The molecule has 0 saturated heterocycles. The standard InChI is InChI=1S/C22H18N2O/c25-22(19-14-8-3-9-15-19)24-16-20(17-10-4-1-5-11-17)21(23-24)18-12-6-2-7-13-18/h1-15,20H,16H2. The van der Waals surface area contributed by atoms with Crippen molar-refractivity contribution in [2.24, 2.45) is 5.10 Å². The van der Waals surface area contributed by atoms with Crippen LogP contribution in [0.4, 0.5) is 0 Å². The molecule has 0 spiro atoms. The summed E-state index contributed by atoms with van der Waals surface area (Å²) in [6.07, 6.45) is 0. The Balaban J connectivity index is 1.72. The lowest BCUT2D eigenvalue weighted by Gasteiger charge is -2.15. The topological polar surface area (TPSA) is 32.7 Å². The molecule has 0 radical (unpaired) electrons. The molecule has 1 aliphatic rings. The molecule has 1 heterocycles. The number of hydrogen-bond donors (Lipinski definition) is 0. The first-order valence-electron chi connectivity index (χ1n) is 8.39. The molecule has 4 rings (SSSR count). The van der Waals surface area contributed by atoms with E-state index in [9.17, 15) is 4.79 Å². The quantitative estimate of drug-likeness (QED) is 0.705. The largest absolute Gasteiger partial charge is 0.273 e. The third-order valence-corrected chi connectivity index (χ3v) is 4.44. The molecule has 3 aromatic rings. The highest BCUT2D eigenvalue weighted by Gasteiger charge is 2.32. The average Bonchev–Trinajstić information content (AvgIpc) is 3.15. The van der Waals surface area contributed by atoms with Crippen LogP contribution in [-0.2, 0) is 0 Å². The fraction of sp³-hybridized carbons (Fsp3) is 0.0909. The van der Waals surface area contributed by atoms with E-state index in [1.54, 1.807) is 5.01 Å². The van der Waals surface area contributed by atoms with Gasteiger partial charge in [0.1, 0.15) is 0 Å². The van der Waals surface area contributed by atoms with Crippen molar-refractivity contribution >= 4 is 11.6 Å². The van der Waals surface area contributed by atoms with E-state index in [4.69, 9.17) is 5.10 Å². The number of carbonyl (C=O) groups is 1. The van der Waals surface area contributed by atoms with Crippen molar-refractivity contribution in [2.75, 3.05) is 6.54 Å². The van der Waals surface area contributed by atoms with Crippen LogP contribution in [0.2, 0.25) is 0 Å². The first-order chi connectivity index (χ1) is 12.3. The van der Waals surface area contributed by atoms with E-state index in [-0.39, 0.29) is 11.8 Å². The Morgan fingerprint density at radius 3 is 2.00 bits per heavy atom. The fourth-order valence-corrected chi connectivity index (χ4v) is 3.17. The molecule has 0 aromatic heterocycles. The number of rotatable bonds is 3. The number of carbonyl (C=O) groups excluding carboxylic acids is 1. The van der Waals surface area contributed by atoms with Crippen LogP contribution in [0.25, 0.3) is 0 Å². The lowest BCUT2D eigenvalue weighted by molar-refractivity contribution is 0.0774. The number of hydrogen-bond acceptors (Lipinski definition) is 2. The molecule has 0 fully saturated rings. The Morgan fingerprint density at radius 1 is 0.800 bits per heavy atom. The van der Waals surface area contributed by atoms with Crippen molar-refractivity contribution in [3.05, 3.63) is 108 Å². The van der Waals surface area contributed by atoms with E-state index in [2.05, 4.69) is 12.1 Å². The van der Waals surface area contributed by atoms with Gasteiger partial charge in [0, 0.05) is 11.5 Å². The first kappa shape index (κ1) is 15.3. The predicted octanol–water partition coefficient (Wildman–Crippen LogP) is 4.33. The normalized spacial score (nSPS) is 16.6. The van der Waals surface area contributed by atoms with Crippen LogP contribution in [-0.4, -0.2) is 23.2 Å². The van der Waals surface area contributed by atoms with Crippen molar-refractivity contribution in [2.45, 2.75) is 5.92 Å². The fourth-order valence-electron chi connectivity index (χ4n) is 3.17. The van der Waals surface area contributed by atoms with Crippen LogP contribution in [0.3, 0.4) is 0 Å². The summed E-state index contributed by atoms with van der Waals surface area (Å²) in [5.41, 5.74) is 3.83. The zero-order valence-electron chi connectivity index (χ0n) is 13.7. The highest BCUT2D eigenvalue weighted by Crippen LogP contribution is 2.29. The van der Waals surface area contributed by atoms with Crippen LogP contribution in [0.5, 0.6) is 0 Å². The van der Waals surface area contributed by atoms with Crippen LogP contribution < -0.4 is 0 Å². The number of hydrazone groups is 1. The van der Waals surface area contributed by atoms with Crippen LogP contribution in [0.1, 0.15) is 27.4 Å². The van der Waals surface area contributed by atoms with Gasteiger partial charge in [0.15, 0.2) is 0 Å². The summed E-state index contributed by atoms with van der Waals surface area (Å²) in [6.45, 7) is 0.558. The molecule has 122 valence electrons. The molecule has 0 aliphatic carbocycles. The minimum Gasteiger partial charge on any atom is -0.267 e. The van der Waals surface area contributed by atoms with Crippen molar-refractivity contribution in [1.82, 2.24) is 5.01 Å². The molecule has 3 aromatic carbocycles. The summed E-state index contributed by atoms with van der Waals surface area (Å²) in [6, 6.07) is 29.7. The van der Waals surface area contributed by atoms with Gasteiger partial charge in [-0.2, -0.15) is 5.10 Å². The summed E-state index contributed by atoms with van der Waals surface area (Å²) in [7, 11) is 0. The highest BCUT2D eigenvalue weighted by atomic mass is 16.2. The minimum atomic E-state index is -0.0625. The Hall–Kier alpha value is -3.20. The zero-order valence-corrected chi connectivity index (χ0v) is 13.7. The van der Waals surface area contributed by atoms with Gasteiger partial charge >= 0.3 is 0 Å². The zero-order chi connectivity index (χ0) is 17.1. The van der Waals surface area contributed by atoms with E-state index in [1.165, 1.54) is 5.56 Å². The number of benzene rings is 3. The maximum Gasteiger partial charge on any atom is 0.273 e. The highest BCUT2D eigenvalue weighted by molar-refractivity contribution is 6.08. The van der Waals surface area contributed by atoms with Gasteiger partial charge in [-0.3, -0.25) is 4.79 Å². The molecule has 0 saturated carbocycles. The average molecular weight is 326 g/mol. The van der Waals surface area contributed by atoms with E-state index >= 15 is 0 Å². The van der Waals surface area contributed by atoms with Crippen LogP contribution >= 0.6 is 0 Å². The summed E-state index contributed by atoms with van der Waals surface area (Å²) in [5, 5.41) is 6.29. The third-order valence-electron chi connectivity index (χ3n) is 4.44. The van der Waals surface area contributed by atoms with E-state index in [1.807, 2.05) is 78.9 Å². The Labute approximate surface area is 147 Å². The second-order valence-corrected chi connectivity index (χ2v) is 6.07. The molecule has 1 unspecified atom stereocenters. The third kappa shape index (κ3) is 3.09. The molecular weight excluding hydrogens is 308 g/mol. The van der Waals surface area contributed by atoms with Crippen LogP contribution in [0.15, 0.2) is 96.1 Å². The second-order valence-electron chi connectivity index (χ2n) is 6.07. The van der Waals surface area contributed by atoms with E-state index < -0.39 is 0 Å². The molecule has 3 heteroatoms. The van der Waals surface area contributed by atoms with Gasteiger partial charge in [0.2, 0.25) is 0 Å². The number of nitrogens with zero attached hydrogens (tertiary/aromatic N) is 2. The summed E-state index contributed by atoms with van der Waals surface area (Å²) < 4.78 is 0. The summed E-state index contributed by atoms with van der Waals surface area (Å²) in [4.78, 5) is 12.8. The lowest BCUT2D eigenvalue weighted by Crippen LogP contribution is -2.25. The smallest absolute Gasteiger partial charge is 0.267 e. The minimum absolute atomic E-state index is 0.0625. The number of amides is 1. The maximum absolute atomic E-state index is 12.8. The molecule has 1 amide bonds. The summed E-state index contributed by atoms with van der Waals surface area (Å²) in [5.74, 6) is 0.0173. The Kier molecular flexibility index (Phi) is 4.13. The molecule has 3 nitrogen and oxygen atoms in total. The molecule has 25 heavy (non-hydrogen) atoms. The second kappa shape index (κ2) is 6.73. The van der Waals surface area contributed by atoms with Crippen molar-refractivity contribution < 1.29 is 4.79 Å². The first-order valence-corrected chi connectivity index (χ1v) is 8.39. The summed E-state index contributed by atoms with van der Waals surface area (Å²) >= 11 is 0. The van der Waals surface area contributed by atoms with Crippen molar-refractivity contribution in [3.63, 3.8) is 0 Å². The van der Waals surface area contributed by atoms with Crippen LogP contribution in [0, 0.1) is 0 Å². The Morgan fingerprint density at radius 2 is 1.36 bits per heavy atom. The molecular formula is C22H18N2O. The van der Waals surface area contributed by atoms with Gasteiger partial charge in [-0.1, -0.05) is 78.9 Å². The van der Waals surface area contributed by atoms with Gasteiger partial charge in [0.05, 0.1) is 12.3 Å². The van der Waals surface area contributed by atoms with Crippen molar-refractivity contribution in [1.29, 1.82) is 0 Å². The molecule has 1 aliphatic heterocycles. The molecule has 0 bridgehead atoms. The van der Waals surface area contributed by atoms with Gasteiger partial charge < -0.3 is 0 Å². The lowest BCUT2D eigenvalue weighted by atomic mass is 9.90. The van der Waals surface area contributed by atoms with Gasteiger partial charge in [-0.05, 0) is 23.3 Å². The van der Waals surface area contributed by atoms with Gasteiger partial charge in [-0.15, -0.1) is 0 Å². The SMILES string of the molecule is O=C(c1ccccc1)N1CC(c2ccccc2)C(c2ccccc2)=N1. The predicted molar refractivity (Wildman–Crippen MR) is 99.6 cm³/mol. The van der Waals surface area contributed by atoms with Crippen molar-refractivity contribution in [3.8, 4) is 0 Å². The van der Waals surface area contributed by atoms with Gasteiger partial charge in [-0.25, -0.2) is 5.01 Å². The monoisotopic (exact) mass is 326 g/mol. The van der Waals surface area contributed by atoms with E-state index in [0.717, 1.165) is 11.3 Å². The van der Waals surface area contributed by atoms with E-state index in [0.29, 0.717) is 12.1 Å². The Bertz CT molecular complexity index is 889. The molecule has 1 atom stereocenters. The molecule has 0 N–H and O–H groups in total.